The predicted octanol–water partition coefficient (Wildman–Crippen LogP) is 0.0224. The fourth-order valence-corrected chi connectivity index (χ4v) is 1.08. The van der Waals surface area contributed by atoms with E-state index in [1.54, 1.807) is 0 Å². The Labute approximate surface area is 91.1 Å². The van der Waals surface area contributed by atoms with Crippen molar-refractivity contribution < 1.29 is 14.3 Å². The lowest BCUT2D eigenvalue weighted by atomic mass is 10.1. The van der Waals surface area contributed by atoms with Crippen molar-refractivity contribution >= 4 is 5.97 Å². The monoisotopic (exact) mass is 218 g/mol. The van der Waals surface area contributed by atoms with E-state index in [9.17, 15) is 4.79 Å². The van der Waals surface area contributed by atoms with Gasteiger partial charge in [-0.3, -0.25) is 4.79 Å². The lowest BCUT2D eigenvalue weighted by Crippen LogP contribution is -2.33. The molecule has 0 saturated heterocycles. The summed E-state index contributed by atoms with van der Waals surface area (Å²) in [6, 6.07) is -0.529. The zero-order valence-corrected chi connectivity index (χ0v) is 9.41. The Hall–Kier alpha value is -0.650. The first kappa shape index (κ1) is 14.3. The van der Waals surface area contributed by atoms with Crippen molar-refractivity contribution in [3.05, 3.63) is 0 Å². The summed E-state index contributed by atoms with van der Waals surface area (Å²) in [6.45, 7) is 3.85. The lowest BCUT2D eigenvalue weighted by Gasteiger charge is -2.10. The summed E-state index contributed by atoms with van der Waals surface area (Å²) >= 11 is 0. The molecule has 0 rings (SSSR count). The minimum absolute atomic E-state index is 0.275. The van der Waals surface area contributed by atoms with Crippen LogP contribution in [0, 0.1) is 0 Å². The van der Waals surface area contributed by atoms with Gasteiger partial charge in [-0.2, -0.15) is 0 Å². The molecule has 0 aromatic rings. The highest BCUT2D eigenvalue weighted by Crippen LogP contribution is 1.99. The molecule has 0 heterocycles. The van der Waals surface area contributed by atoms with E-state index in [1.807, 2.05) is 6.92 Å². The smallest absolute Gasteiger partial charge is 0.322 e. The fraction of sp³-hybridized carbons (Fsp3) is 0.900. The van der Waals surface area contributed by atoms with Gasteiger partial charge in [-0.05, 0) is 26.3 Å². The van der Waals surface area contributed by atoms with Crippen molar-refractivity contribution in [1.82, 2.24) is 0 Å². The van der Waals surface area contributed by atoms with E-state index in [0.29, 0.717) is 26.2 Å². The first-order valence-corrected chi connectivity index (χ1v) is 5.42. The molecule has 5 nitrogen and oxygen atoms in total. The predicted molar refractivity (Wildman–Crippen MR) is 58.3 cm³/mol. The van der Waals surface area contributed by atoms with E-state index in [0.717, 1.165) is 12.8 Å². The van der Waals surface area contributed by atoms with E-state index in [2.05, 4.69) is 0 Å². The SMILES string of the molecule is CCOCCOC(=O)[C@@H](N)CCCCN. The summed E-state index contributed by atoms with van der Waals surface area (Å²) in [5.41, 5.74) is 10.9. The third kappa shape index (κ3) is 8.35. The van der Waals surface area contributed by atoms with Gasteiger partial charge in [0.2, 0.25) is 0 Å². The largest absolute Gasteiger partial charge is 0.462 e. The quantitative estimate of drug-likeness (QED) is 0.421. The van der Waals surface area contributed by atoms with Crippen LogP contribution < -0.4 is 11.5 Å². The molecule has 0 fully saturated rings. The first-order chi connectivity index (χ1) is 7.22. The van der Waals surface area contributed by atoms with Crippen LogP contribution in [0.25, 0.3) is 0 Å². The molecule has 4 N–H and O–H groups in total. The first-order valence-electron chi connectivity index (χ1n) is 5.42. The number of unbranched alkanes of at least 4 members (excludes halogenated alkanes) is 1. The molecule has 0 unspecified atom stereocenters. The van der Waals surface area contributed by atoms with Crippen LogP contribution in [-0.2, 0) is 14.3 Å². The Morgan fingerprint density at radius 3 is 2.67 bits per heavy atom. The molecule has 0 aliphatic heterocycles. The third-order valence-corrected chi connectivity index (χ3v) is 1.95. The molecular formula is C10H22N2O3. The average molecular weight is 218 g/mol. The standard InChI is InChI=1S/C10H22N2O3/c1-2-14-7-8-15-10(13)9(12)5-3-4-6-11/h9H,2-8,11-12H2,1H3/t9-/m0/s1. The van der Waals surface area contributed by atoms with Crippen molar-refractivity contribution in [2.75, 3.05) is 26.4 Å². The maximum atomic E-state index is 11.3. The van der Waals surface area contributed by atoms with Crippen LogP contribution in [0.2, 0.25) is 0 Å². The highest BCUT2D eigenvalue weighted by Gasteiger charge is 2.13. The van der Waals surface area contributed by atoms with Crippen LogP contribution in [0.5, 0.6) is 0 Å². The van der Waals surface area contributed by atoms with Crippen molar-refractivity contribution in [2.24, 2.45) is 11.5 Å². The molecule has 0 saturated carbocycles. The lowest BCUT2D eigenvalue weighted by molar-refractivity contribution is -0.146. The normalized spacial score (nSPS) is 12.5. The Kier molecular flexibility index (Phi) is 9.46. The number of carbonyl (C=O) groups excluding carboxylic acids is 1. The second-order valence-electron chi connectivity index (χ2n) is 3.26. The van der Waals surface area contributed by atoms with E-state index in [4.69, 9.17) is 20.9 Å². The summed E-state index contributed by atoms with van der Waals surface area (Å²) in [5, 5.41) is 0. The number of hydrogen-bond donors (Lipinski definition) is 2. The van der Waals surface area contributed by atoms with E-state index >= 15 is 0 Å². The van der Waals surface area contributed by atoms with Crippen LogP contribution in [0.4, 0.5) is 0 Å². The van der Waals surface area contributed by atoms with Crippen LogP contribution in [0.1, 0.15) is 26.2 Å². The Morgan fingerprint density at radius 2 is 2.07 bits per heavy atom. The minimum Gasteiger partial charge on any atom is -0.462 e. The molecule has 0 aliphatic rings. The summed E-state index contributed by atoms with van der Waals surface area (Å²) in [4.78, 5) is 11.3. The van der Waals surface area contributed by atoms with Gasteiger partial charge in [0.1, 0.15) is 12.6 Å². The molecule has 0 aliphatic carbocycles. The van der Waals surface area contributed by atoms with Gasteiger partial charge in [-0.1, -0.05) is 6.42 Å². The zero-order valence-electron chi connectivity index (χ0n) is 9.41. The second-order valence-corrected chi connectivity index (χ2v) is 3.26. The van der Waals surface area contributed by atoms with Gasteiger partial charge in [0.05, 0.1) is 6.61 Å². The second kappa shape index (κ2) is 9.89. The van der Waals surface area contributed by atoms with Crippen molar-refractivity contribution in [1.29, 1.82) is 0 Å². The molecule has 0 aromatic heterocycles. The van der Waals surface area contributed by atoms with Crippen molar-refractivity contribution in [2.45, 2.75) is 32.2 Å². The molecule has 0 amide bonds. The third-order valence-electron chi connectivity index (χ3n) is 1.95. The molecular weight excluding hydrogens is 196 g/mol. The maximum Gasteiger partial charge on any atom is 0.322 e. The van der Waals surface area contributed by atoms with E-state index in [-0.39, 0.29) is 12.6 Å². The summed E-state index contributed by atoms with van der Waals surface area (Å²) in [7, 11) is 0. The van der Waals surface area contributed by atoms with Crippen LogP contribution in [0.3, 0.4) is 0 Å². The number of esters is 1. The van der Waals surface area contributed by atoms with Gasteiger partial charge >= 0.3 is 5.97 Å². The topological polar surface area (TPSA) is 87.6 Å². The van der Waals surface area contributed by atoms with Gasteiger partial charge in [-0.25, -0.2) is 0 Å². The van der Waals surface area contributed by atoms with Gasteiger partial charge in [0.15, 0.2) is 0 Å². The molecule has 0 spiro atoms. The van der Waals surface area contributed by atoms with Crippen molar-refractivity contribution in [3.63, 3.8) is 0 Å². The number of carbonyl (C=O) groups is 1. The zero-order chi connectivity index (χ0) is 11.5. The molecule has 5 heteroatoms. The summed E-state index contributed by atoms with van der Waals surface area (Å²) in [5.74, 6) is -0.355. The van der Waals surface area contributed by atoms with Crippen LogP contribution in [-0.4, -0.2) is 38.4 Å². The number of ether oxygens (including phenoxy) is 2. The van der Waals surface area contributed by atoms with Crippen LogP contribution >= 0.6 is 0 Å². The summed E-state index contributed by atoms with van der Waals surface area (Å²) in [6.07, 6.45) is 2.38. The van der Waals surface area contributed by atoms with Gasteiger partial charge < -0.3 is 20.9 Å². The van der Waals surface area contributed by atoms with Gasteiger partial charge in [0, 0.05) is 6.61 Å². The Bertz CT molecular complexity index is 165. The fourth-order valence-electron chi connectivity index (χ4n) is 1.08. The minimum atomic E-state index is -0.529. The highest BCUT2D eigenvalue weighted by molar-refractivity contribution is 5.75. The summed E-state index contributed by atoms with van der Waals surface area (Å²) < 4.78 is 9.94. The molecule has 90 valence electrons. The molecule has 0 radical (unpaired) electrons. The molecule has 15 heavy (non-hydrogen) atoms. The van der Waals surface area contributed by atoms with Crippen LogP contribution in [0.15, 0.2) is 0 Å². The number of nitrogens with two attached hydrogens (primary N) is 2. The van der Waals surface area contributed by atoms with E-state index < -0.39 is 6.04 Å². The number of hydrogen-bond acceptors (Lipinski definition) is 5. The van der Waals surface area contributed by atoms with Gasteiger partial charge in [0.25, 0.3) is 0 Å². The highest BCUT2D eigenvalue weighted by atomic mass is 16.6. The molecule has 1 atom stereocenters. The Morgan fingerprint density at radius 1 is 1.33 bits per heavy atom. The molecule has 0 bridgehead atoms. The average Bonchev–Trinajstić information content (AvgIpc) is 2.24. The van der Waals surface area contributed by atoms with Gasteiger partial charge in [-0.15, -0.1) is 0 Å². The van der Waals surface area contributed by atoms with Crippen molar-refractivity contribution in [3.8, 4) is 0 Å². The maximum absolute atomic E-state index is 11.3. The molecule has 0 aromatic carbocycles. The number of rotatable bonds is 9. The Balaban J connectivity index is 3.42. The van der Waals surface area contributed by atoms with E-state index in [1.165, 1.54) is 0 Å².